The lowest BCUT2D eigenvalue weighted by atomic mass is 10.1. The summed E-state index contributed by atoms with van der Waals surface area (Å²) in [6, 6.07) is 11.6. The van der Waals surface area contributed by atoms with Gasteiger partial charge in [-0.25, -0.2) is 18.4 Å². The van der Waals surface area contributed by atoms with E-state index >= 15 is 0 Å². The molecule has 1 fully saturated rings. The monoisotopic (exact) mass is 417 g/mol. The van der Waals surface area contributed by atoms with E-state index in [9.17, 15) is 13.2 Å². The maximum absolute atomic E-state index is 12.5. The van der Waals surface area contributed by atoms with Gasteiger partial charge < -0.3 is 10.2 Å². The maximum atomic E-state index is 12.5. The van der Waals surface area contributed by atoms with E-state index in [0.717, 1.165) is 5.56 Å². The van der Waals surface area contributed by atoms with Crippen LogP contribution in [0.2, 0.25) is 0 Å². The zero-order valence-electron chi connectivity index (χ0n) is 16.4. The highest BCUT2D eigenvalue weighted by molar-refractivity contribution is 7.89. The lowest BCUT2D eigenvalue weighted by Gasteiger charge is -2.33. The first-order valence-electron chi connectivity index (χ1n) is 9.85. The molecule has 1 N–H and O–H groups in total. The largest absolute Gasteiger partial charge is 0.356 e. The lowest BCUT2D eigenvalue weighted by Crippen LogP contribution is -2.49. The minimum atomic E-state index is -3.33. The Kier molecular flexibility index (Phi) is 7.54. The molecule has 8 nitrogen and oxygen atoms in total. The molecule has 1 saturated heterocycles. The van der Waals surface area contributed by atoms with Crippen LogP contribution >= 0.6 is 0 Å². The first-order chi connectivity index (χ1) is 14.0. The molecule has 2 aromatic rings. The van der Waals surface area contributed by atoms with Crippen LogP contribution in [0.25, 0.3) is 0 Å². The summed E-state index contributed by atoms with van der Waals surface area (Å²) < 4.78 is 26.6. The highest BCUT2D eigenvalue weighted by Crippen LogP contribution is 2.13. The van der Waals surface area contributed by atoms with Gasteiger partial charge in [-0.3, -0.25) is 4.79 Å². The molecule has 3 rings (SSSR count). The molecule has 0 aliphatic carbocycles. The fraction of sp³-hybridized carbons (Fsp3) is 0.450. The number of nitrogens with one attached hydrogen (secondary N) is 1. The number of benzene rings is 1. The van der Waals surface area contributed by atoms with Gasteiger partial charge in [0.2, 0.25) is 21.9 Å². The Bertz CT molecular complexity index is 870. The Morgan fingerprint density at radius 2 is 1.69 bits per heavy atom. The zero-order valence-corrected chi connectivity index (χ0v) is 17.2. The molecule has 1 aromatic heterocycles. The number of aromatic nitrogens is 2. The number of anilines is 1. The zero-order chi connectivity index (χ0) is 20.5. The van der Waals surface area contributed by atoms with Crippen molar-refractivity contribution in [3.63, 3.8) is 0 Å². The van der Waals surface area contributed by atoms with Crippen molar-refractivity contribution in [2.75, 3.05) is 43.4 Å². The van der Waals surface area contributed by atoms with E-state index in [0.29, 0.717) is 57.9 Å². The summed E-state index contributed by atoms with van der Waals surface area (Å²) in [5.74, 6) is 0.610. The SMILES string of the molecule is O=C(CCc1ccccc1)NCCCS(=O)(=O)N1CCN(c2ncccn2)CC1. The second-order valence-electron chi connectivity index (χ2n) is 6.94. The van der Waals surface area contributed by atoms with Crippen LogP contribution in [0.5, 0.6) is 0 Å². The molecule has 29 heavy (non-hydrogen) atoms. The Labute approximate surface area is 172 Å². The molecule has 156 valence electrons. The minimum absolute atomic E-state index is 0.0355. The molecule has 0 atom stereocenters. The normalized spacial score (nSPS) is 15.2. The van der Waals surface area contributed by atoms with Crippen LogP contribution in [0.15, 0.2) is 48.8 Å². The van der Waals surface area contributed by atoms with Gasteiger partial charge in [0.15, 0.2) is 0 Å². The number of rotatable bonds is 9. The lowest BCUT2D eigenvalue weighted by molar-refractivity contribution is -0.121. The van der Waals surface area contributed by atoms with E-state index in [4.69, 9.17) is 0 Å². The van der Waals surface area contributed by atoms with Gasteiger partial charge in [0, 0.05) is 51.5 Å². The van der Waals surface area contributed by atoms with Crippen molar-refractivity contribution in [3.05, 3.63) is 54.4 Å². The van der Waals surface area contributed by atoms with E-state index in [2.05, 4.69) is 15.3 Å². The molecule has 1 aliphatic rings. The van der Waals surface area contributed by atoms with E-state index in [1.807, 2.05) is 35.2 Å². The molecule has 2 heterocycles. The number of aryl methyl sites for hydroxylation is 1. The molecule has 0 radical (unpaired) electrons. The summed E-state index contributed by atoms with van der Waals surface area (Å²) in [4.78, 5) is 22.3. The average molecular weight is 418 g/mol. The molecule has 0 spiro atoms. The summed E-state index contributed by atoms with van der Waals surface area (Å²) in [5.41, 5.74) is 1.12. The summed E-state index contributed by atoms with van der Waals surface area (Å²) in [5, 5.41) is 2.81. The fourth-order valence-electron chi connectivity index (χ4n) is 3.22. The van der Waals surface area contributed by atoms with Crippen LogP contribution in [0.3, 0.4) is 0 Å². The molecule has 0 saturated carbocycles. The number of carbonyl (C=O) groups is 1. The predicted molar refractivity (Wildman–Crippen MR) is 112 cm³/mol. The molecule has 1 amide bonds. The van der Waals surface area contributed by atoms with E-state index < -0.39 is 10.0 Å². The Hall–Kier alpha value is -2.52. The number of nitrogens with zero attached hydrogens (tertiary/aromatic N) is 4. The van der Waals surface area contributed by atoms with Gasteiger partial charge in [-0.2, -0.15) is 4.31 Å². The number of hydrogen-bond acceptors (Lipinski definition) is 6. The van der Waals surface area contributed by atoms with Crippen molar-refractivity contribution in [2.24, 2.45) is 0 Å². The predicted octanol–water partition coefficient (Wildman–Crippen LogP) is 1.07. The van der Waals surface area contributed by atoms with Crippen LogP contribution in [-0.2, 0) is 21.2 Å². The molecule has 1 aromatic carbocycles. The van der Waals surface area contributed by atoms with Crippen LogP contribution in [0.4, 0.5) is 5.95 Å². The van der Waals surface area contributed by atoms with E-state index in [-0.39, 0.29) is 11.7 Å². The Balaban J connectivity index is 1.34. The van der Waals surface area contributed by atoms with Crippen LogP contribution in [-0.4, -0.2) is 67.1 Å². The molecule has 0 unspecified atom stereocenters. The van der Waals surface area contributed by atoms with Crippen LogP contribution < -0.4 is 10.2 Å². The second kappa shape index (κ2) is 10.3. The third-order valence-electron chi connectivity index (χ3n) is 4.85. The number of hydrogen-bond donors (Lipinski definition) is 1. The van der Waals surface area contributed by atoms with Gasteiger partial charge in [0.1, 0.15) is 0 Å². The van der Waals surface area contributed by atoms with Gasteiger partial charge >= 0.3 is 0 Å². The summed E-state index contributed by atoms with van der Waals surface area (Å²) in [6.07, 6.45) is 4.85. The number of sulfonamides is 1. The van der Waals surface area contributed by atoms with E-state index in [1.165, 1.54) is 4.31 Å². The fourth-order valence-corrected chi connectivity index (χ4v) is 4.71. The number of piperazine rings is 1. The first-order valence-corrected chi connectivity index (χ1v) is 11.5. The third-order valence-corrected chi connectivity index (χ3v) is 6.81. The van der Waals surface area contributed by atoms with E-state index in [1.54, 1.807) is 18.5 Å². The van der Waals surface area contributed by atoms with Crippen molar-refractivity contribution in [1.29, 1.82) is 0 Å². The maximum Gasteiger partial charge on any atom is 0.225 e. The first kappa shape index (κ1) is 21.2. The standard InChI is InChI=1S/C20H27N5O3S/c26-19(9-8-18-6-2-1-3-7-18)21-12-5-17-29(27,28)25-15-13-24(14-16-25)20-22-10-4-11-23-20/h1-4,6-7,10-11H,5,8-9,12-17H2,(H,21,26). The molecule has 0 bridgehead atoms. The van der Waals surface area contributed by atoms with Crippen molar-refractivity contribution in [1.82, 2.24) is 19.6 Å². The molecule has 9 heteroatoms. The Morgan fingerprint density at radius 3 is 2.38 bits per heavy atom. The van der Waals surface area contributed by atoms with Crippen molar-refractivity contribution < 1.29 is 13.2 Å². The van der Waals surface area contributed by atoms with Gasteiger partial charge in [-0.15, -0.1) is 0 Å². The summed E-state index contributed by atoms with van der Waals surface area (Å²) in [6.45, 7) is 2.34. The molecular weight excluding hydrogens is 390 g/mol. The second-order valence-corrected chi connectivity index (χ2v) is 9.03. The van der Waals surface area contributed by atoms with Gasteiger partial charge in [0.25, 0.3) is 0 Å². The topological polar surface area (TPSA) is 95.5 Å². The van der Waals surface area contributed by atoms with Gasteiger partial charge in [0.05, 0.1) is 5.75 Å². The third kappa shape index (κ3) is 6.50. The average Bonchev–Trinajstić information content (AvgIpc) is 2.77. The Morgan fingerprint density at radius 1 is 1.00 bits per heavy atom. The summed E-state index contributed by atoms with van der Waals surface area (Å²) in [7, 11) is -3.33. The molecule has 1 aliphatic heterocycles. The minimum Gasteiger partial charge on any atom is -0.356 e. The highest BCUT2D eigenvalue weighted by Gasteiger charge is 2.27. The van der Waals surface area contributed by atoms with Crippen molar-refractivity contribution in [3.8, 4) is 0 Å². The highest BCUT2D eigenvalue weighted by atomic mass is 32.2. The van der Waals surface area contributed by atoms with Crippen molar-refractivity contribution >= 4 is 21.9 Å². The molecular formula is C20H27N5O3S. The quantitative estimate of drug-likeness (QED) is 0.613. The number of carbonyl (C=O) groups excluding carboxylic acids is 1. The summed E-state index contributed by atoms with van der Waals surface area (Å²) >= 11 is 0. The number of amides is 1. The van der Waals surface area contributed by atoms with Gasteiger partial charge in [-0.1, -0.05) is 30.3 Å². The van der Waals surface area contributed by atoms with Crippen molar-refractivity contribution in [2.45, 2.75) is 19.3 Å². The smallest absolute Gasteiger partial charge is 0.225 e. The van der Waals surface area contributed by atoms with Crippen LogP contribution in [0.1, 0.15) is 18.4 Å². The van der Waals surface area contributed by atoms with Gasteiger partial charge in [-0.05, 0) is 24.5 Å². The van der Waals surface area contributed by atoms with Crippen LogP contribution in [0, 0.1) is 0 Å².